The zero-order valence-electron chi connectivity index (χ0n) is 21.7. The highest BCUT2D eigenvalue weighted by Gasteiger charge is 2.30. The molecule has 0 aliphatic heterocycles. The molecule has 1 unspecified atom stereocenters. The van der Waals surface area contributed by atoms with Gasteiger partial charge in [0, 0.05) is 5.56 Å². The Hall–Kier alpha value is -4.46. The van der Waals surface area contributed by atoms with E-state index in [1.54, 1.807) is 32.9 Å². The summed E-state index contributed by atoms with van der Waals surface area (Å²) in [7, 11) is 0. The van der Waals surface area contributed by atoms with Crippen molar-refractivity contribution in [1.82, 2.24) is 5.16 Å². The molecule has 0 N–H and O–H groups in total. The molecule has 38 heavy (non-hydrogen) atoms. The molecule has 0 aliphatic carbocycles. The van der Waals surface area contributed by atoms with Crippen molar-refractivity contribution >= 4 is 23.4 Å². The minimum Gasteiger partial charge on any atom is -0.466 e. The van der Waals surface area contributed by atoms with E-state index in [4.69, 9.17) is 14.0 Å². The van der Waals surface area contributed by atoms with Crippen molar-refractivity contribution in [2.24, 2.45) is 0 Å². The molecule has 1 atom stereocenters. The predicted octanol–water partition coefficient (Wildman–Crippen LogP) is 7.42. The average Bonchev–Trinajstić information content (AvgIpc) is 3.30. The third kappa shape index (κ3) is 5.44. The molecule has 196 valence electrons. The molecule has 0 bridgehead atoms. The number of amides is 1. The number of carbonyl (C=O) groups is 2. The molecule has 4 rings (SSSR count). The second-order valence-electron chi connectivity index (χ2n) is 8.60. The Labute approximate surface area is 220 Å². The molecule has 1 aromatic heterocycles. The van der Waals surface area contributed by atoms with Crippen molar-refractivity contribution in [3.8, 4) is 22.5 Å². The maximum atomic E-state index is 14.8. The Morgan fingerprint density at radius 1 is 0.895 bits per heavy atom. The van der Waals surface area contributed by atoms with Gasteiger partial charge in [-0.3, -0.25) is 4.79 Å². The van der Waals surface area contributed by atoms with Gasteiger partial charge in [-0.1, -0.05) is 65.8 Å². The summed E-state index contributed by atoms with van der Waals surface area (Å²) in [6, 6.07) is 21.2. The monoisotopic (exact) mass is 516 g/mol. The molecular formula is C30H29FN2O5. The van der Waals surface area contributed by atoms with E-state index in [1.165, 1.54) is 12.1 Å². The molecule has 0 saturated carbocycles. The molecule has 1 heterocycles. The van der Waals surface area contributed by atoms with E-state index in [-0.39, 0.29) is 24.2 Å². The van der Waals surface area contributed by atoms with Crippen LogP contribution in [0.5, 0.6) is 0 Å². The molecule has 7 nitrogen and oxygen atoms in total. The highest BCUT2D eigenvalue weighted by Crippen LogP contribution is 2.40. The molecule has 0 spiro atoms. The second-order valence-corrected chi connectivity index (χ2v) is 8.60. The number of aromatic nitrogens is 1. The van der Waals surface area contributed by atoms with Crippen LogP contribution in [0.4, 0.5) is 20.6 Å². The minimum atomic E-state index is -0.737. The number of benzene rings is 3. The zero-order chi connectivity index (χ0) is 27.2. The number of halogens is 1. The van der Waals surface area contributed by atoms with Crippen molar-refractivity contribution < 1.29 is 28.0 Å². The van der Waals surface area contributed by atoms with Crippen molar-refractivity contribution in [2.45, 2.75) is 33.6 Å². The topological polar surface area (TPSA) is 81.9 Å². The lowest BCUT2D eigenvalue weighted by Crippen LogP contribution is -2.28. The lowest BCUT2D eigenvalue weighted by molar-refractivity contribution is -0.144. The third-order valence-corrected chi connectivity index (χ3v) is 6.13. The fraction of sp³-hybridized carbons (Fsp3) is 0.233. The Balaban J connectivity index is 1.66. The van der Waals surface area contributed by atoms with Gasteiger partial charge in [-0.15, -0.1) is 0 Å². The Kier molecular flexibility index (Phi) is 8.21. The number of hydrogen-bond donors (Lipinski definition) is 0. The summed E-state index contributed by atoms with van der Waals surface area (Å²) in [6.45, 7) is 7.44. The molecule has 0 aliphatic rings. The molecule has 1 amide bonds. The van der Waals surface area contributed by atoms with Crippen LogP contribution < -0.4 is 4.90 Å². The van der Waals surface area contributed by atoms with Gasteiger partial charge in [-0.05, 0) is 56.5 Å². The van der Waals surface area contributed by atoms with Gasteiger partial charge < -0.3 is 14.0 Å². The number of esters is 1. The number of hydrogen-bond acceptors (Lipinski definition) is 6. The van der Waals surface area contributed by atoms with Crippen LogP contribution in [0, 0.1) is 12.7 Å². The first-order chi connectivity index (χ1) is 18.3. The van der Waals surface area contributed by atoms with Crippen LogP contribution in [0.1, 0.15) is 37.9 Å². The summed E-state index contributed by atoms with van der Waals surface area (Å²) >= 11 is 0. The summed E-state index contributed by atoms with van der Waals surface area (Å²) in [6.07, 6.45) is -0.737. The van der Waals surface area contributed by atoms with Gasteiger partial charge in [-0.25, -0.2) is 14.1 Å². The van der Waals surface area contributed by atoms with E-state index in [0.717, 1.165) is 21.6 Å². The van der Waals surface area contributed by atoms with E-state index in [9.17, 15) is 14.0 Å². The Morgan fingerprint density at radius 2 is 1.47 bits per heavy atom. The highest BCUT2D eigenvalue weighted by molar-refractivity contribution is 6.00. The molecule has 8 heteroatoms. The number of nitrogens with zero attached hydrogens (tertiary/aromatic N) is 2. The van der Waals surface area contributed by atoms with Gasteiger partial charge in [0.05, 0.1) is 24.8 Å². The van der Waals surface area contributed by atoms with Crippen molar-refractivity contribution in [3.63, 3.8) is 0 Å². The molecule has 0 fully saturated rings. The summed E-state index contributed by atoms with van der Waals surface area (Å²) in [5, 5.41) is 4.06. The first-order valence-corrected chi connectivity index (χ1v) is 12.4. The first-order valence-electron chi connectivity index (χ1n) is 12.4. The molecule has 4 aromatic rings. The van der Waals surface area contributed by atoms with Gasteiger partial charge in [0.25, 0.3) is 0 Å². The maximum Gasteiger partial charge on any atom is 0.419 e. The number of aryl methyl sites for hydroxylation is 1. The van der Waals surface area contributed by atoms with Crippen molar-refractivity contribution in [2.75, 3.05) is 18.1 Å². The van der Waals surface area contributed by atoms with E-state index in [2.05, 4.69) is 5.16 Å². The number of carbonyl (C=O) groups excluding carboxylic acids is 2. The Morgan fingerprint density at radius 3 is 2.08 bits per heavy atom. The van der Waals surface area contributed by atoms with Crippen LogP contribution in [-0.2, 0) is 14.3 Å². The van der Waals surface area contributed by atoms with Crippen LogP contribution in [0.3, 0.4) is 0 Å². The molecule has 3 aromatic carbocycles. The quantitative estimate of drug-likeness (QED) is 0.227. The van der Waals surface area contributed by atoms with Crippen LogP contribution >= 0.6 is 0 Å². The summed E-state index contributed by atoms with van der Waals surface area (Å²) in [5.74, 6) is -0.876. The molecular weight excluding hydrogens is 487 g/mol. The lowest BCUT2D eigenvalue weighted by Gasteiger charge is -2.22. The fourth-order valence-corrected chi connectivity index (χ4v) is 4.13. The summed E-state index contributed by atoms with van der Waals surface area (Å²) in [5.41, 5.74) is 4.18. The summed E-state index contributed by atoms with van der Waals surface area (Å²) < 4.78 is 30.7. The lowest BCUT2D eigenvalue weighted by atomic mass is 9.97. The van der Waals surface area contributed by atoms with Gasteiger partial charge in [0.1, 0.15) is 17.2 Å². The van der Waals surface area contributed by atoms with E-state index < -0.39 is 11.9 Å². The number of para-hydroxylation sites is 1. The van der Waals surface area contributed by atoms with Gasteiger partial charge >= 0.3 is 12.1 Å². The number of rotatable bonds is 8. The van der Waals surface area contributed by atoms with E-state index in [1.807, 2.05) is 55.5 Å². The van der Waals surface area contributed by atoms with Crippen LogP contribution in [0.25, 0.3) is 22.5 Å². The van der Waals surface area contributed by atoms with E-state index >= 15 is 0 Å². The van der Waals surface area contributed by atoms with Gasteiger partial charge in [-0.2, -0.15) is 0 Å². The van der Waals surface area contributed by atoms with Crippen LogP contribution in [0.15, 0.2) is 77.3 Å². The van der Waals surface area contributed by atoms with Crippen molar-refractivity contribution in [3.05, 3.63) is 89.9 Å². The van der Waals surface area contributed by atoms with E-state index in [0.29, 0.717) is 29.3 Å². The minimum absolute atomic E-state index is 0.0345. The maximum absolute atomic E-state index is 14.8. The van der Waals surface area contributed by atoms with Crippen LogP contribution in [0.2, 0.25) is 0 Å². The zero-order valence-corrected chi connectivity index (χ0v) is 21.7. The SMILES string of the molecule is CCOC(=O)C(C)c1ccc(-c2ccc(-c3onc(C)c3N(C(=O)OCC)c3ccccc3F)cc2)cc1. The number of ether oxygens (including phenoxy) is 2. The second kappa shape index (κ2) is 11.7. The highest BCUT2D eigenvalue weighted by atomic mass is 19.1. The van der Waals surface area contributed by atoms with Gasteiger partial charge in [0.2, 0.25) is 0 Å². The standard InChI is InChI=1S/C30H29FN2O5/c1-5-36-29(34)19(3)21-11-13-22(14-12-21)23-15-17-24(18-16-23)28-27(20(4)32-38-28)33(30(35)37-6-2)26-10-8-7-9-25(26)31/h7-19H,5-6H2,1-4H3. The first kappa shape index (κ1) is 26.6. The third-order valence-electron chi connectivity index (χ3n) is 6.13. The number of anilines is 2. The fourth-order valence-electron chi connectivity index (χ4n) is 4.13. The normalized spacial score (nSPS) is 11.6. The van der Waals surface area contributed by atoms with Crippen LogP contribution in [-0.4, -0.2) is 30.4 Å². The largest absolute Gasteiger partial charge is 0.466 e. The van der Waals surface area contributed by atoms with Gasteiger partial charge in [0.15, 0.2) is 5.76 Å². The predicted molar refractivity (Wildman–Crippen MR) is 143 cm³/mol. The smallest absolute Gasteiger partial charge is 0.419 e. The van der Waals surface area contributed by atoms with Crippen molar-refractivity contribution in [1.29, 1.82) is 0 Å². The Bertz CT molecular complexity index is 1410. The molecule has 0 saturated heterocycles. The average molecular weight is 517 g/mol. The molecule has 0 radical (unpaired) electrons. The summed E-state index contributed by atoms with van der Waals surface area (Å²) in [4.78, 5) is 26.2.